The molecule has 0 saturated carbocycles. The van der Waals surface area contributed by atoms with Crippen LogP contribution in [-0.2, 0) is 0 Å². The number of anilines is 1. The molecule has 3 heterocycles. The van der Waals surface area contributed by atoms with Gasteiger partial charge < -0.3 is 9.73 Å². The fraction of sp³-hybridized carbons (Fsp3) is 0.273. The van der Waals surface area contributed by atoms with Crippen molar-refractivity contribution in [2.24, 2.45) is 0 Å². The minimum atomic E-state index is -0.0948. The first kappa shape index (κ1) is 10.7. The summed E-state index contributed by atoms with van der Waals surface area (Å²) in [7, 11) is 0. The number of hydrogen-bond acceptors (Lipinski definition) is 6. The molecular weight excluding hydrogens is 232 g/mol. The topological polar surface area (TPSA) is 81.1 Å². The van der Waals surface area contributed by atoms with Crippen molar-refractivity contribution >= 4 is 11.6 Å². The molecule has 1 atom stereocenters. The quantitative estimate of drug-likeness (QED) is 0.753. The van der Waals surface area contributed by atoms with Gasteiger partial charge in [-0.05, 0) is 13.8 Å². The van der Waals surface area contributed by atoms with Gasteiger partial charge in [-0.1, -0.05) is 0 Å². The van der Waals surface area contributed by atoms with Crippen LogP contribution in [0.1, 0.15) is 24.6 Å². The number of nitrogens with zero attached hydrogens (tertiary/aromatic N) is 5. The van der Waals surface area contributed by atoms with Crippen molar-refractivity contribution in [3.8, 4) is 0 Å². The van der Waals surface area contributed by atoms with E-state index < -0.39 is 0 Å². The van der Waals surface area contributed by atoms with Crippen LogP contribution in [0.5, 0.6) is 0 Å². The van der Waals surface area contributed by atoms with Crippen molar-refractivity contribution in [3.63, 3.8) is 0 Å². The number of oxazole rings is 1. The number of nitrogens with one attached hydrogen (secondary N) is 1. The Hall–Kier alpha value is -2.44. The van der Waals surface area contributed by atoms with Crippen molar-refractivity contribution in [1.29, 1.82) is 0 Å². The monoisotopic (exact) mass is 244 g/mol. The third-order valence-corrected chi connectivity index (χ3v) is 2.55. The van der Waals surface area contributed by atoms with Crippen LogP contribution in [0.4, 0.5) is 5.95 Å². The third-order valence-electron chi connectivity index (χ3n) is 2.55. The Labute approximate surface area is 103 Å². The Kier molecular flexibility index (Phi) is 2.44. The van der Waals surface area contributed by atoms with Crippen LogP contribution in [0.15, 0.2) is 29.3 Å². The first-order valence-electron chi connectivity index (χ1n) is 5.57. The van der Waals surface area contributed by atoms with E-state index in [0.29, 0.717) is 11.8 Å². The molecule has 0 aliphatic carbocycles. The second-order valence-electron chi connectivity index (χ2n) is 3.99. The van der Waals surface area contributed by atoms with E-state index in [4.69, 9.17) is 4.42 Å². The van der Waals surface area contributed by atoms with Crippen LogP contribution in [-0.4, -0.2) is 24.6 Å². The van der Waals surface area contributed by atoms with E-state index in [1.165, 1.54) is 6.33 Å². The van der Waals surface area contributed by atoms with E-state index in [-0.39, 0.29) is 6.04 Å². The smallest absolute Gasteiger partial charge is 0.228 e. The van der Waals surface area contributed by atoms with E-state index in [0.717, 1.165) is 11.3 Å². The molecule has 3 aromatic heterocycles. The first-order chi connectivity index (χ1) is 8.74. The standard InChI is InChI=1S/C11H12N6O/c1-7-5-9-13-6-14-11(17(9)16-7)15-8(2)10-12-3-4-18-10/h3-6,8H,1-2H3,(H,13,14,15). The normalized spacial score (nSPS) is 12.8. The van der Waals surface area contributed by atoms with Crippen LogP contribution >= 0.6 is 0 Å². The lowest BCUT2D eigenvalue weighted by Crippen LogP contribution is -2.12. The van der Waals surface area contributed by atoms with E-state index >= 15 is 0 Å². The van der Waals surface area contributed by atoms with Gasteiger partial charge in [-0.3, -0.25) is 0 Å². The average molecular weight is 244 g/mol. The van der Waals surface area contributed by atoms with Crippen molar-refractivity contribution in [1.82, 2.24) is 24.6 Å². The summed E-state index contributed by atoms with van der Waals surface area (Å²) in [5.74, 6) is 1.21. The molecule has 1 unspecified atom stereocenters. The maximum atomic E-state index is 5.24. The number of rotatable bonds is 3. The highest BCUT2D eigenvalue weighted by Gasteiger charge is 2.13. The van der Waals surface area contributed by atoms with Gasteiger partial charge in [0.2, 0.25) is 11.8 Å². The molecule has 3 rings (SSSR count). The van der Waals surface area contributed by atoms with Crippen molar-refractivity contribution in [2.45, 2.75) is 19.9 Å². The van der Waals surface area contributed by atoms with Gasteiger partial charge in [0.1, 0.15) is 18.6 Å². The van der Waals surface area contributed by atoms with Crippen LogP contribution in [0, 0.1) is 6.92 Å². The molecular formula is C11H12N6O. The predicted octanol–water partition coefficient (Wildman–Crippen LogP) is 1.59. The second kappa shape index (κ2) is 4.10. The van der Waals surface area contributed by atoms with Crippen molar-refractivity contribution in [3.05, 3.63) is 36.4 Å². The minimum Gasteiger partial charge on any atom is -0.447 e. The number of aromatic nitrogens is 5. The SMILES string of the molecule is Cc1cc2ncnc(NC(C)c3ncco3)n2n1. The molecule has 0 bridgehead atoms. The van der Waals surface area contributed by atoms with Crippen molar-refractivity contribution in [2.75, 3.05) is 5.32 Å². The Morgan fingerprint density at radius 1 is 1.33 bits per heavy atom. The van der Waals surface area contributed by atoms with Gasteiger partial charge in [0.05, 0.1) is 11.9 Å². The van der Waals surface area contributed by atoms with E-state index in [9.17, 15) is 0 Å². The van der Waals surface area contributed by atoms with Crippen molar-refractivity contribution < 1.29 is 4.42 Å². The molecule has 0 amide bonds. The number of hydrogen-bond donors (Lipinski definition) is 1. The minimum absolute atomic E-state index is 0.0948. The fourth-order valence-electron chi connectivity index (χ4n) is 1.73. The summed E-state index contributed by atoms with van der Waals surface area (Å²) < 4.78 is 6.90. The molecule has 3 aromatic rings. The Morgan fingerprint density at radius 2 is 2.22 bits per heavy atom. The maximum Gasteiger partial charge on any atom is 0.228 e. The van der Waals surface area contributed by atoms with Crippen LogP contribution < -0.4 is 5.32 Å². The summed E-state index contributed by atoms with van der Waals surface area (Å²) in [6.45, 7) is 3.85. The molecule has 0 radical (unpaired) electrons. The van der Waals surface area contributed by atoms with E-state index in [1.54, 1.807) is 17.0 Å². The largest absolute Gasteiger partial charge is 0.447 e. The number of fused-ring (bicyclic) bond motifs is 1. The lowest BCUT2D eigenvalue weighted by Gasteiger charge is -2.11. The molecule has 0 aliphatic heterocycles. The van der Waals surface area contributed by atoms with Gasteiger partial charge in [-0.25, -0.2) is 15.0 Å². The molecule has 0 aliphatic rings. The summed E-state index contributed by atoms with van der Waals surface area (Å²) in [6, 6.07) is 1.80. The molecule has 0 saturated heterocycles. The zero-order valence-corrected chi connectivity index (χ0v) is 10.0. The number of aryl methyl sites for hydroxylation is 1. The molecule has 0 spiro atoms. The van der Waals surface area contributed by atoms with E-state index in [2.05, 4.69) is 25.4 Å². The predicted molar refractivity (Wildman–Crippen MR) is 64.1 cm³/mol. The zero-order valence-electron chi connectivity index (χ0n) is 10.0. The fourth-order valence-corrected chi connectivity index (χ4v) is 1.73. The summed E-state index contributed by atoms with van der Waals surface area (Å²) in [6.07, 6.45) is 4.66. The Balaban J connectivity index is 1.95. The molecule has 0 fully saturated rings. The molecule has 7 heteroatoms. The lowest BCUT2D eigenvalue weighted by atomic mass is 10.3. The highest BCUT2D eigenvalue weighted by molar-refractivity contribution is 5.44. The Morgan fingerprint density at radius 3 is 3.00 bits per heavy atom. The van der Waals surface area contributed by atoms with Crippen LogP contribution in [0.2, 0.25) is 0 Å². The molecule has 7 nitrogen and oxygen atoms in total. The summed E-state index contributed by atoms with van der Waals surface area (Å²) in [5.41, 5.74) is 1.65. The highest BCUT2D eigenvalue weighted by atomic mass is 16.3. The highest BCUT2D eigenvalue weighted by Crippen LogP contribution is 2.16. The summed E-state index contributed by atoms with van der Waals surface area (Å²) in [4.78, 5) is 12.4. The summed E-state index contributed by atoms with van der Waals surface area (Å²) in [5, 5.41) is 7.52. The van der Waals surface area contributed by atoms with Gasteiger partial charge in [-0.2, -0.15) is 9.61 Å². The third kappa shape index (κ3) is 1.79. The van der Waals surface area contributed by atoms with Gasteiger partial charge >= 0.3 is 0 Å². The van der Waals surface area contributed by atoms with Gasteiger partial charge in [0.15, 0.2) is 5.65 Å². The van der Waals surface area contributed by atoms with Gasteiger partial charge in [0.25, 0.3) is 0 Å². The second-order valence-corrected chi connectivity index (χ2v) is 3.99. The van der Waals surface area contributed by atoms with Gasteiger partial charge in [-0.15, -0.1) is 0 Å². The van der Waals surface area contributed by atoms with E-state index in [1.807, 2.05) is 19.9 Å². The lowest BCUT2D eigenvalue weighted by molar-refractivity contribution is 0.473. The molecule has 92 valence electrons. The van der Waals surface area contributed by atoms with Crippen LogP contribution in [0.25, 0.3) is 5.65 Å². The van der Waals surface area contributed by atoms with Crippen LogP contribution in [0.3, 0.4) is 0 Å². The summed E-state index contributed by atoms with van der Waals surface area (Å²) >= 11 is 0. The molecule has 1 N–H and O–H groups in total. The Bertz CT molecular complexity index is 659. The average Bonchev–Trinajstić information content (AvgIpc) is 2.96. The molecule has 18 heavy (non-hydrogen) atoms. The first-order valence-corrected chi connectivity index (χ1v) is 5.57. The maximum absolute atomic E-state index is 5.24. The van der Waals surface area contributed by atoms with Gasteiger partial charge in [0, 0.05) is 6.07 Å². The molecule has 0 aromatic carbocycles. The zero-order chi connectivity index (χ0) is 12.5.